The van der Waals surface area contributed by atoms with Gasteiger partial charge in [0.2, 0.25) is 0 Å². The molecule has 0 aliphatic carbocycles. The van der Waals surface area contributed by atoms with Crippen LogP contribution in [0.25, 0.3) is 6.08 Å². The summed E-state index contributed by atoms with van der Waals surface area (Å²) in [7, 11) is 0. The minimum atomic E-state index is -0.934. The molecule has 2 heteroatoms. The van der Waals surface area contributed by atoms with Crippen LogP contribution in [0.15, 0.2) is 24.3 Å². The van der Waals surface area contributed by atoms with Crippen LogP contribution in [0, 0.1) is 13.0 Å². The lowest BCUT2D eigenvalue weighted by molar-refractivity contribution is -0.131. The van der Waals surface area contributed by atoms with Crippen molar-refractivity contribution in [2.45, 2.75) is 6.92 Å². The molecule has 1 aromatic carbocycles. The van der Waals surface area contributed by atoms with Gasteiger partial charge in [0.05, 0.1) is 0 Å². The molecular formula is C10H9O2. The zero-order valence-corrected chi connectivity index (χ0v) is 6.74. The predicted octanol–water partition coefficient (Wildman–Crippen LogP) is 1.89. The van der Waals surface area contributed by atoms with E-state index >= 15 is 0 Å². The van der Waals surface area contributed by atoms with E-state index in [-0.39, 0.29) is 0 Å². The summed E-state index contributed by atoms with van der Waals surface area (Å²) in [6.07, 6.45) is 2.66. The highest BCUT2D eigenvalue weighted by Crippen LogP contribution is 2.04. The van der Waals surface area contributed by atoms with Gasteiger partial charge in [-0.05, 0) is 36.3 Å². The van der Waals surface area contributed by atoms with Crippen molar-refractivity contribution in [3.63, 3.8) is 0 Å². The first-order valence-electron chi connectivity index (χ1n) is 3.57. The molecule has 12 heavy (non-hydrogen) atoms. The third kappa shape index (κ3) is 2.58. The minimum absolute atomic E-state index is 0.859. The molecule has 1 N–H and O–H groups in total. The van der Waals surface area contributed by atoms with Gasteiger partial charge in [0.1, 0.15) is 0 Å². The van der Waals surface area contributed by atoms with Crippen molar-refractivity contribution >= 4 is 12.0 Å². The van der Waals surface area contributed by atoms with Crippen molar-refractivity contribution in [1.29, 1.82) is 0 Å². The van der Waals surface area contributed by atoms with Gasteiger partial charge in [0, 0.05) is 6.08 Å². The lowest BCUT2D eigenvalue weighted by Gasteiger charge is -1.93. The largest absolute Gasteiger partial charge is 0.478 e. The van der Waals surface area contributed by atoms with Crippen LogP contribution in [0.5, 0.6) is 0 Å². The highest BCUT2D eigenvalue weighted by Gasteiger charge is 1.89. The van der Waals surface area contributed by atoms with Gasteiger partial charge in [-0.2, -0.15) is 0 Å². The molecule has 0 bridgehead atoms. The zero-order valence-electron chi connectivity index (χ0n) is 6.74. The summed E-state index contributed by atoms with van der Waals surface area (Å²) in [5, 5.41) is 8.35. The molecule has 0 fully saturated rings. The summed E-state index contributed by atoms with van der Waals surface area (Å²) in [4.78, 5) is 10.2. The number of carboxylic acids is 1. The summed E-state index contributed by atoms with van der Waals surface area (Å²) in [6.45, 7) is 1.94. The maximum Gasteiger partial charge on any atom is 0.328 e. The Morgan fingerprint density at radius 1 is 1.58 bits per heavy atom. The molecule has 0 aromatic heterocycles. The number of benzene rings is 1. The Morgan fingerprint density at radius 2 is 2.33 bits per heavy atom. The van der Waals surface area contributed by atoms with E-state index in [2.05, 4.69) is 6.07 Å². The summed E-state index contributed by atoms with van der Waals surface area (Å²) >= 11 is 0. The first-order valence-corrected chi connectivity index (χ1v) is 3.57. The molecule has 1 aromatic rings. The average Bonchev–Trinajstić information content (AvgIpc) is 2.01. The Bertz CT molecular complexity index is 313. The van der Waals surface area contributed by atoms with Crippen LogP contribution in [0.1, 0.15) is 11.1 Å². The Hall–Kier alpha value is -1.57. The number of rotatable bonds is 2. The van der Waals surface area contributed by atoms with E-state index in [1.54, 1.807) is 12.1 Å². The quantitative estimate of drug-likeness (QED) is 0.672. The van der Waals surface area contributed by atoms with Gasteiger partial charge in [-0.15, -0.1) is 0 Å². The van der Waals surface area contributed by atoms with E-state index in [1.165, 1.54) is 0 Å². The SMILES string of the molecule is Cc1c[c]cc(C=CC(=O)O)c1. The Kier molecular flexibility index (Phi) is 2.64. The van der Waals surface area contributed by atoms with Crippen LogP contribution >= 0.6 is 0 Å². The van der Waals surface area contributed by atoms with Crippen molar-refractivity contribution in [2.24, 2.45) is 0 Å². The van der Waals surface area contributed by atoms with E-state index in [0.29, 0.717) is 0 Å². The first kappa shape index (κ1) is 8.53. The predicted molar refractivity (Wildman–Crippen MR) is 46.7 cm³/mol. The molecular weight excluding hydrogens is 152 g/mol. The molecule has 0 heterocycles. The highest BCUT2D eigenvalue weighted by molar-refractivity contribution is 5.85. The molecule has 0 atom stereocenters. The van der Waals surface area contributed by atoms with Crippen molar-refractivity contribution in [2.75, 3.05) is 0 Å². The molecule has 0 amide bonds. The number of aryl methyl sites for hydroxylation is 1. The van der Waals surface area contributed by atoms with Crippen LogP contribution in [-0.4, -0.2) is 11.1 Å². The molecule has 0 spiro atoms. The maximum atomic E-state index is 10.2. The third-order valence-electron chi connectivity index (χ3n) is 1.37. The second-order valence-electron chi connectivity index (χ2n) is 2.52. The fourth-order valence-electron chi connectivity index (χ4n) is 0.879. The molecule has 2 nitrogen and oxygen atoms in total. The van der Waals surface area contributed by atoms with Crippen molar-refractivity contribution < 1.29 is 9.90 Å². The zero-order chi connectivity index (χ0) is 8.97. The maximum absolute atomic E-state index is 10.2. The Labute approximate surface area is 71.2 Å². The molecule has 0 aliphatic heterocycles. The minimum Gasteiger partial charge on any atom is -0.478 e. The number of carboxylic acid groups (broad SMARTS) is 1. The summed E-state index contributed by atoms with van der Waals surface area (Å²) in [5.74, 6) is -0.934. The Balaban J connectivity index is 2.83. The Morgan fingerprint density at radius 3 is 2.92 bits per heavy atom. The second-order valence-corrected chi connectivity index (χ2v) is 2.52. The molecule has 0 saturated heterocycles. The van der Waals surface area contributed by atoms with Gasteiger partial charge in [-0.1, -0.05) is 12.1 Å². The lowest BCUT2D eigenvalue weighted by Crippen LogP contribution is -1.85. The van der Waals surface area contributed by atoms with E-state index in [9.17, 15) is 4.79 Å². The fourth-order valence-corrected chi connectivity index (χ4v) is 0.879. The van der Waals surface area contributed by atoms with Crippen LogP contribution in [-0.2, 0) is 4.79 Å². The van der Waals surface area contributed by atoms with Crippen molar-refractivity contribution in [3.8, 4) is 0 Å². The van der Waals surface area contributed by atoms with Crippen molar-refractivity contribution in [1.82, 2.24) is 0 Å². The smallest absolute Gasteiger partial charge is 0.328 e. The number of hydrogen-bond acceptors (Lipinski definition) is 1. The molecule has 1 radical (unpaired) electrons. The van der Waals surface area contributed by atoms with Gasteiger partial charge >= 0.3 is 5.97 Å². The normalized spacial score (nSPS) is 10.4. The van der Waals surface area contributed by atoms with E-state index in [0.717, 1.165) is 17.2 Å². The van der Waals surface area contributed by atoms with Gasteiger partial charge in [0.25, 0.3) is 0 Å². The molecule has 0 aliphatic rings. The number of hydrogen-bond donors (Lipinski definition) is 1. The van der Waals surface area contributed by atoms with Gasteiger partial charge < -0.3 is 5.11 Å². The highest BCUT2D eigenvalue weighted by atomic mass is 16.4. The van der Waals surface area contributed by atoms with E-state index in [1.807, 2.05) is 19.1 Å². The van der Waals surface area contributed by atoms with Crippen molar-refractivity contribution in [3.05, 3.63) is 41.5 Å². The molecule has 61 valence electrons. The van der Waals surface area contributed by atoms with Crippen LogP contribution < -0.4 is 0 Å². The molecule has 1 rings (SSSR count). The van der Waals surface area contributed by atoms with Gasteiger partial charge in [-0.25, -0.2) is 4.79 Å². The second kappa shape index (κ2) is 3.72. The van der Waals surface area contributed by atoms with E-state index < -0.39 is 5.97 Å². The summed E-state index contributed by atoms with van der Waals surface area (Å²) in [6, 6.07) is 8.40. The van der Waals surface area contributed by atoms with Gasteiger partial charge in [0.15, 0.2) is 0 Å². The first-order chi connectivity index (χ1) is 5.68. The van der Waals surface area contributed by atoms with E-state index in [4.69, 9.17) is 5.11 Å². The molecule has 0 saturated carbocycles. The summed E-state index contributed by atoms with van der Waals surface area (Å²) < 4.78 is 0. The lowest BCUT2D eigenvalue weighted by atomic mass is 10.1. The van der Waals surface area contributed by atoms with Crippen LogP contribution in [0.2, 0.25) is 0 Å². The summed E-state index contributed by atoms with van der Waals surface area (Å²) in [5.41, 5.74) is 1.93. The fraction of sp³-hybridized carbons (Fsp3) is 0.100. The van der Waals surface area contributed by atoms with Crippen LogP contribution in [0.3, 0.4) is 0 Å². The third-order valence-corrected chi connectivity index (χ3v) is 1.37. The average molecular weight is 161 g/mol. The number of aliphatic carboxylic acids is 1. The van der Waals surface area contributed by atoms with Gasteiger partial charge in [-0.3, -0.25) is 0 Å². The number of carbonyl (C=O) groups is 1. The molecule has 0 unspecified atom stereocenters. The van der Waals surface area contributed by atoms with Crippen LogP contribution in [0.4, 0.5) is 0 Å². The standard InChI is InChI=1S/C10H9O2/c1-8-3-2-4-9(7-8)5-6-10(11)12/h3-7H,1H3,(H,11,12). The topological polar surface area (TPSA) is 37.3 Å². The monoisotopic (exact) mass is 161 g/mol.